The van der Waals surface area contributed by atoms with E-state index in [9.17, 15) is 4.79 Å². The van der Waals surface area contributed by atoms with Gasteiger partial charge in [-0.15, -0.1) is 0 Å². The highest BCUT2D eigenvalue weighted by molar-refractivity contribution is 5.94. The minimum atomic E-state index is -0.0220. The van der Waals surface area contributed by atoms with Gasteiger partial charge in [-0.05, 0) is 49.6 Å². The Bertz CT molecular complexity index is 319. The van der Waals surface area contributed by atoms with Gasteiger partial charge < -0.3 is 5.32 Å². The van der Waals surface area contributed by atoms with Crippen LogP contribution in [-0.2, 0) is 0 Å². The molecule has 2 heteroatoms. The first-order valence-electron chi connectivity index (χ1n) is 5.36. The quantitative estimate of drug-likeness (QED) is 0.753. The average Bonchev–Trinajstić information content (AvgIpc) is 2.26. The number of aryl methyl sites for hydroxylation is 2. The molecule has 0 spiro atoms. The molecular weight excluding hydrogens is 186 g/mol. The van der Waals surface area contributed by atoms with E-state index in [1.165, 1.54) is 16.7 Å². The van der Waals surface area contributed by atoms with E-state index in [1.807, 2.05) is 39.8 Å². The second kappa shape index (κ2) is 6.23. The van der Waals surface area contributed by atoms with Crippen molar-refractivity contribution in [2.75, 3.05) is 7.05 Å². The normalized spacial score (nSPS) is 8.93. The Morgan fingerprint density at radius 3 is 1.80 bits per heavy atom. The second-order valence-electron chi connectivity index (χ2n) is 3.31. The summed E-state index contributed by atoms with van der Waals surface area (Å²) in [6.45, 7) is 10.1. The van der Waals surface area contributed by atoms with E-state index in [4.69, 9.17) is 0 Å². The lowest BCUT2D eigenvalue weighted by atomic mass is 10.0. The highest BCUT2D eigenvalue weighted by Gasteiger charge is 2.06. The Labute approximate surface area is 92.7 Å². The van der Waals surface area contributed by atoms with Gasteiger partial charge in [0.25, 0.3) is 5.91 Å². The lowest BCUT2D eigenvalue weighted by Gasteiger charge is -2.07. The number of carbonyl (C=O) groups is 1. The second-order valence-corrected chi connectivity index (χ2v) is 3.31. The SMILES string of the molecule is CC.CNC(=O)c1cc(C)c(C)c(C)c1. The van der Waals surface area contributed by atoms with Crippen molar-refractivity contribution in [2.45, 2.75) is 34.6 Å². The summed E-state index contributed by atoms with van der Waals surface area (Å²) in [5.41, 5.74) is 4.33. The first-order chi connectivity index (χ1) is 7.06. The summed E-state index contributed by atoms with van der Waals surface area (Å²) in [5.74, 6) is -0.0220. The molecule has 0 radical (unpaired) electrons. The van der Waals surface area contributed by atoms with Crippen LogP contribution in [0, 0.1) is 20.8 Å². The number of amides is 1. The molecule has 0 atom stereocenters. The lowest BCUT2D eigenvalue weighted by molar-refractivity contribution is 0.0963. The van der Waals surface area contributed by atoms with Crippen LogP contribution in [0.25, 0.3) is 0 Å². The summed E-state index contributed by atoms with van der Waals surface area (Å²) in [7, 11) is 1.65. The third-order valence-corrected chi connectivity index (χ3v) is 2.42. The highest BCUT2D eigenvalue weighted by atomic mass is 16.1. The van der Waals surface area contributed by atoms with Crippen LogP contribution in [0.15, 0.2) is 12.1 Å². The molecule has 0 unspecified atom stereocenters. The third-order valence-electron chi connectivity index (χ3n) is 2.42. The predicted octanol–water partition coefficient (Wildman–Crippen LogP) is 3.00. The molecule has 0 heterocycles. The van der Waals surface area contributed by atoms with Crippen LogP contribution in [0.3, 0.4) is 0 Å². The summed E-state index contributed by atoms with van der Waals surface area (Å²) in [6.07, 6.45) is 0. The van der Waals surface area contributed by atoms with Gasteiger partial charge in [0.2, 0.25) is 0 Å². The zero-order chi connectivity index (χ0) is 12.0. The molecule has 1 N–H and O–H groups in total. The Hall–Kier alpha value is -1.31. The van der Waals surface area contributed by atoms with Crippen LogP contribution < -0.4 is 5.32 Å². The van der Waals surface area contributed by atoms with Gasteiger partial charge in [-0.3, -0.25) is 4.79 Å². The first-order valence-corrected chi connectivity index (χ1v) is 5.36. The van der Waals surface area contributed by atoms with Crippen LogP contribution in [-0.4, -0.2) is 13.0 Å². The van der Waals surface area contributed by atoms with Crippen molar-refractivity contribution in [2.24, 2.45) is 0 Å². The molecule has 0 aliphatic carbocycles. The Morgan fingerprint density at radius 1 is 1.07 bits per heavy atom. The molecule has 0 aliphatic rings. The van der Waals surface area contributed by atoms with E-state index in [0.29, 0.717) is 0 Å². The fourth-order valence-electron chi connectivity index (χ4n) is 1.31. The number of carbonyl (C=O) groups excluding carboxylic acids is 1. The molecule has 1 amide bonds. The minimum Gasteiger partial charge on any atom is -0.355 e. The maximum absolute atomic E-state index is 11.3. The number of rotatable bonds is 1. The Morgan fingerprint density at radius 2 is 1.47 bits per heavy atom. The Kier molecular flexibility index (Phi) is 5.68. The van der Waals surface area contributed by atoms with E-state index >= 15 is 0 Å². The van der Waals surface area contributed by atoms with Crippen LogP contribution >= 0.6 is 0 Å². The zero-order valence-corrected chi connectivity index (χ0v) is 10.6. The number of hydrogen-bond acceptors (Lipinski definition) is 1. The molecule has 15 heavy (non-hydrogen) atoms. The molecule has 1 aromatic carbocycles. The standard InChI is InChI=1S/C11H15NO.C2H6/c1-7-5-10(11(13)12-4)6-8(2)9(7)3;1-2/h5-6H,1-4H3,(H,12,13);1-2H3. The van der Waals surface area contributed by atoms with Crippen molar-refractivity contribution in [3.8, 4) is 0 Å². The first kappa shape index (κ1) is 13.7. The van der Waals surface area contributed by atoms with Gasteiger partial charge in [0.15, 0.2) is 0 Å². The van der Waals surface area contributed by atoms with Crippen molar-refractivity contribution in [1.82, 2.24) is 5.32 Å². The predicted molar refractivity (Wildman–Crippen MR) is 65.4 cm³/mol. The molecule has 1 rings (SSSR count). The molecule has 0 fully saturated rings. The summed E-state index contributed by atoms with van der Waals surface area (Å²) >= 11 is 0. The molecule has 0 aliphatic heterocycles. The van der Waals surface area contributed by atoms with E-state index in [2.05, 4.69) is 12.2 Å². The van der Waals surface area contributed by atoms with Crippen molar-refractivity contribution in [1.29, 1.82) is 0 Å². The van der Waals surface area contributed by atoms with Crippen LogP contribution in [0.2, 0.25) is 0 Å². The molecule has 0 saturated carbocycles. The number of nitrogens with one attached hydrogen (secondary N) is 1. The molecule has 1 aromatic rings. The van der Waals surface area contributed by atoms with Crippen LogP contribution in [0.1, 0.15) is 40.9 Å². The summed E-state index contributed by atoms with van der Waals surface area (Å²) in [5, 5.41) is 2.62. The van der Waals surface area contributed by atoms with Crippen LogP contribution in [0.5, 0.6) is 0 Å². The minimum absolute atomic E-state index is 0.0220. The van der Waals surface area contributed by atoms with E-state index in [0.717, 1.165) is 5.56 Å². The van der Waals surface area contributed by atoms with Gasteiger partial charge in [0, 0.05) is 12.6 Å². The lowest BCUT2D eigenvalue weighted by Crippen LogP contribution is -2.18. The van der Waals surface area contributed by atoms with Gasteiger partial charge >= 0.3 is 0 Å². The Balaban J connectivity index is 0.000000921. The van der Waals surface area contributed by atoms with Crippen molar-refractivity contribution in [3.63, 3.8) is 0 Å². The molecule has 0 bridgehead atoms. The zero-order valence-electron chi connectivity index (χ0n) is 10.6. The molecular formula is C13H21NO. The third kappa shape index (κ3) is 3.39. The van der Waals surface area contributed by atoms with E-state index < -0.39 is 0 Å². The van der Waals surface area contributed by atoms with Gasteiger partial charge in [-0.25, -0.2) is 0 Å². The van der Waals surface area contributed by atoms with Gasteiger partial charge in [0.05, 0.1) is 0 Å². The van der Waals surface area contributed by atoms with Crippen LogP contribution in [0.4, 0.5) is 0 Å². The van der Waals surface area contributed by atoms with Crippen molar-refractivity contribution < 1.29 is 4.79 Å². The monoisotopic (exact) mass is 207 g/mol. The smallest absolute Gasteiger partial charge is 0.251 e. The maximum atomic E-state index is 11.3. The summed E-state index contributed by atoms with van der Waals surface area (Å²) in [6, 6.07) is 3.84. The fourth-order valence-corrected chi connectivity index (χ4v) is 1.31. The van der Waals surface area contributed by atoms with Crippen molar-refractivity contribution in [3.05, 3.63) is 34.4 Å². The summed E-state index contributed by atoms with van der Waals surface area (Å²) in [4.78, 5) is 11.3. The average molecular weight is 207 g/mol. The molecule has 2 nitrogen and oxygen atoms in total. The van der Waals surface area contributed by atoms with Gasteiger partial charge in [0.1, 0.15) is 0 Å². The maximum Gasteiger partial charge on any atom is 0.251 e. The largest absolute Gasteiger partial charge is 0.355 e. The number of benzene rings is 1. The van der Waals surface area contributed by atoms with Gasteiger partial charge in [-0.2, -0.15) is 0 Å². The number of hydrogen-bond donors (Lipinski definition) is 1. The molecule has 0 aromatic heterocycles. The fraction of sp³-hybridized carbons (Fsp3) is 0.462. The molecule has 0 saturated heterocycles. The van der Waals surface area contributed by atoms with E-state index in [1.54, 1.807) is 7.05 Å². The topological polar surface area (TPSA) is 29.1 Å². The summed E-state index contributed by atoms with van der Waals surface area (Å²) < 4.78 is 0. The highest BCUT2D eigenvalue weighted by Crippen LogP contribution is 2.15. The van der Waals surface area contributed by atoms with Gasteiger partial charge in [-0.1, -0.05) is 13.8 Å². The van der Waals surface area contributed by atoms with Crippen molar-refractivity contribution >= 4 is 5.91 Å². The van der Waals surface area contributed by atoms with E-state index in [-0.39, 0.29) is 5.91 Å². The molecule has 84 valence electrons.